The number of morpholine rings is 1. The Kier molecular flexibility index (Phi) is 4.40. The largest absolute Gasteiger partial charge is 0.416 e. The van der Waals surface area contributed by atoms with Gasteiger partial charge in [0.05, 0.1) is 24.3 Å². The smallest absolute Gasteiger partial charge is 0.378 e. The van der Waals surface area contributed by atoms with Crippen LogP contribution in [0.2, 0.25) is 0 Å². The normalized spacial score (nSPS) is 15.5. The van der Waals surface area contributed by atoms with Crippen LogP contribution in [0.15, 0.2) is 24.3 Å². The van der Waals surface area contributed by atoms with Crippen molar-refractivity contribution in [2.75, 3.05) is 26.3 Å². The molecule has 1 heterocycles. The molecule has 0 atom stereocenters. The Labute approximate surface area is 118 Å². The zero-order valence-electron chi connectivity index (χ0n) is 10.9. The molecule has 0 saturated carbocycles. The van der Waals surface area contributed by atoms with Gasteiger partial charge in [0.1, 0.15) is 0 Å². The van der Waals surface area contributed by atoms with Crippen molar-refractivity contribution in [1.29, 1.82) is 0 Å². The number of amides is 1. The highest BCUT2D eigenvalue weighted by Gasteiger charge is 2.33. The van der Waals surface area contributed by atoms with Crippen molar-refractivity contribution in [1.82, 2.24) is 4.90 Å². The zero-order chi connectivity index (χ0) is 15.5. The van der Waals surface area contributed by atoms with E-state index in [4.69, 9.17) is 10.3 Å². The van der Waals surface area contributed by atoms with Crippen molar-refractivity contribution in [2.45, 2.75) is 6.18 Å². The summed E-state index contributed by atoms with van der Waals surface area (Å²) >= 11 is 0. The lowest BCUT2D eigenvalue weighted by molar-refractivity contribution is -0.137. The van der Waals surface area contributed by atoms with Crippen molar-refractivity contribution in [2.24, 2.45) is 0 Å². The SMILES string of the molecule is [N-]=[N+]=C(C(=O)N1CCOCC1)c1ccc(C(F)(F)F)cc1. The van der Waals surface area contributed by atoms with E-state index in [1.54, 1.807) is 0 Å². The van der Waals surface area contributed by atoms with E-state index in [0.29, 0.717) is 26.3 Å². The van der Waals surface area contributed by atoms with E-state index in [0.717, 1.165) is 24.3 Å². The highest BCUT2D eigenvalue weighted by atomic mass is 19.4. The summed E-state index contributed by atoms with van der Waals surface area (Å²) in [4.78, 5) is 16.5. The van der Waals surface area contributed by atoms with Crippen LogP contribution in [0.5, 0.6) is 0 Å². The molecule has 1 saturated heterocycles. The average Bonchev–Trinajstić information content (AvgIpc) is 2.48. The second-order valence-corrected chi connectivity index (χ2v) is 4.43. The van der Waals surface area contributed by atoms with Crippen molar-refractivity contribution in [3.63, 3.8) is 0 Å². The third-order valence-corrected chi connectivity index (χ3v) is 3.09. The predicted molar refractivity (Wildman–Crippen MR) is 66.6 cm³/mol. The Morgan fingerprint density at radius 3 is 2.24 bits per heavy atom. The summed E-state index contributed by atoms with van der Waals surface area (Å²) in [5, 5.41) is 0. The number of nitrogens with zero attached hydrogens (tertiary/aromatic N) is 3. The molecule has 8 heteroatoms. The van der Waals surface area contributed by atoms with Crippen LogP contribution in [0.25, 0.3) is 5.53 Å². The molecule has 112 valence electrons. The first-order valence-electron chi connectivity index (χ1n) is 6.20. The Morgan fingerprint density at radius 2 is 1.76 bits per heavy atom. The summed E-state index contributed by atoms with van der Waals surface area (Å²) in [5.41, 5.74) is 8.01. The number of halogens is 3. The molecule has 0 N–H and O–H groups in total. The molecule has 1 fully saturated rings. The first-order chi connectivity index (χ1) is 9.93. The van der Waals surface area contributed by atoms with Gasteiger partial charge in [-0.15, -0.1) is 0 Å². The van der Waals surface area contributed by atoms with Crippen LogP contribution < -0.4 is 0 Å². The van der Waals surface area contributed by atoms with Crippen LogP contribution in [-0.4, -0.2) is 47.6 Å². The third kappa shape index (κ3) is 3.48. The fourth-order valence-electron chi connectivity index (χ4n) is 1.96. The maximum absolute atomic E-state index is 12.5. The molecule has 0 aliphatic carbocycles. The van der Waals surface area contributed by atoms with E-state index >= 15 is 0 Å². The number of hydrogen-bond donors (Lipinski definition) is 0. The van der Waals surface area contributed by atoms with Crippen LogP contribution in [0.4, 0.5) is 13.2 Å². The lowest BCUT2D eigenvalue weighted by Crippen LogP contribution is -2.44. The minimum atomic E-state index is -4.46. The molecule has 0 aromatic heterocycles. The van der Waals surface area contributed by atoms with Gasteiger partial charge in [-0.05, 0) is 24.3 Å². The molecule has 1 aliphatic rings. The summed E-state index contributed by atoms with van der Waals surface area (Å²) < 4.78 is 42.6. The van der Waals surface area contributed by atoms with Crippen LogP contribution in [-0.2, 0) is 15.7 Å². The summed E-state index contributed by atoms with van der Waals surface area (Å²) in [6, 6.07) is 3.90. The quantitative estimate of drug-likeness (QED) is 0.473. The molecule has 0 spiro atoms. The lowest BCUT2D eigenvalue weighted by Gasteiger charge is -2.25. The molecule has 0 unspecified atom stereocenters. The van der Waals surface area contributed by atoms with Gasteiger partial charge in [-0.25, -0.2) is 0 Å². The van der Waals surface area contributed by atoms with E-state index in [1.165, 1.54) is 4.90 Å². The van der Waals surface area contributed by atoms with Gasteiger partial charge in [-0.3, -0.25) is 4.79 Å². The summed E-state index contributed by atoms with van der Waals surface area (Å²) in [6.45, 7) is 1.44. The number of benzene rings is 1. The van der Waals surface area contributed by atoms with Gasteiger partial charge >= 0.3 is 17.8 Å². The highest BCUT2D eigenvalue weighted by Crippen LogP contribution is 2.29. The first-order valence-corrected chi connectivity index (χ1v) is 6.20. The average molecular weight is 299 g/mol. The molecule has 1 aromatic rings. The number of carbonyl (C=O) groups is 1. The van der Waals surface area contributed by atoms with Gasteiger partial charge in [0.15, 0.2) is 0 Å². The molecular formula is C13H12F3N3O2. The molecule has 21 heavy (non-hydrogen) atoms. The van der Waals surface area contributed by atoms with Gasteiger partial charge in [0, 0.05) is 13.1 Å². The van der Waals surface area contributed by atoms with Gasteiger partial charge in [0.2, 0.25) is 0 Å². The van der Waals surface area contributed by atoms with Gasteiger partial charge in [-0.1, -0.05) is 0 Å². The van der Waals surface area contributed by atoms with Crippen molar-refractivity contribution < 1.29 is 27.5 Å². The molecule has 1 aromatic carbocycles. The summed E-state index contributed by atoms with van der Waals surface area (Å²) in [6.07, 6.45) is -4.46. The second-order valence-electron chi connectivity index (χ2n) is 4.43. The Morgan fingerprint density at radius 1 is 1.19 bits per heavy atom. The van der Waals surface area contributed by atoms with Crippen LogP contribution >= 0.6 is 0 Å². The topological polar surface area (TPSA) is 65.9 Å². The van der Waals surface area contributed by atoms with E-state index < -0.39 is 17.6 Å². The number of carbonyl (C=O) groups excluding carboxylic acids is 1. The van der Waals surface area contributed by atoms with Gasteiger partial charge < -0.3 is 15.2 Å². The molecule has 5 nitrogen and oxygen atoms in total. The van der Waals surface area contributed by atoms with Crippen molar-refractivity contribution >= 4 is 11.6 Å². The lowest BCUT2D eigenvalue weighted by atomic mass is 10.1. The molecular weight excluding hydrogens is 287 g/mol. The Hall–Kier alpha value is -2.18. The molecule has 1 aliphatic heterocycles. The van der Waals surface area contributed by atoms with E-state index in [9.17, 15) is 18.0 Å². The van der Waals surface area contributed by atoms with Crippen LogP contribution in [0.3, 0.4) is 0 Å². The predicted octanol–water partition coefficient (Wildman–Crippen LogP) is 1.58. The van der Waals surface area contributed by atoms with Crippen molar-refractivity contribution in [3.8, 4) is 0 Å². The van der Waals surface area contributed by atoms with Gasteiger partial charge in [0.25, 0.3) is 0 Å². The number of hydrogen-bond acceptors (Lipinski definition) is 2. The Bertz CT molecular complexity index is 571. The fourth-order valence-corrected chi connectivity index (χ4v) is 1.96. The van der Waals surface area contributed by atoms with E-state index in [2.05, 4.69) is 4.79 Å². The maximum Gasteiger partial charge on any atom is 0.416 e. The fraction of sp³-hybridized carbons (Fsp3) is 0.385. The zero-order valence-corrected chi connectivity index (χ0v) is 10.9. The Balaban J connectivity index is 2.22. The third-order valence-electron chi connectivity index (χ3n) is 3.09. The monoisotopic (exact) mass is 299 g/mol. The van der Waals surface area contributed by atoms with E-state index in [-0.39, 0.29) is 11.3 Å². The maximum atomic E-state index is 12.5. The number of rotatable bonds is 2. The van der Waals surface area contributed by atoms with Crippen LogP contribution in [0, 0.1) is 0 Å². The number of alkyl halides is 3. The van der Waals surface area contributed by atoms with Gasteiger partial charge in [-0.2, -0.15) is 18.0 Å². The van der Waals surface area contributed by atoms with Crippen molar-refractivity contribution in [3.05, 3.63) is 40.9 Å². The van der Waals surface area contributed by atoms with E-state index in [1.807, 2.05) is 0 Å². The molecule has 0 bridgehead atoms. The standard InChI is InChI=1S/C13H12F3N3O2/c14-13(15,16)10-3-1-9(2-4-10)11(18-17)12(20)19-5-7-21-8-6-19/h1-4H,5-8H2. The highest BCUT2D eigenvalue weighted by molar-refractivity contribution is 6.42. The second kappa shape index (κ2) is 6.07. The number of ether oxygens (including phenoxy) is 1. The first kappa shape index (κ1) is 15.2. The molecule has 0 radical (unpaired) electrons. The molecule has 2 rings (SSSR count). The minimum Gasteiger partial charge on any atom is -0.378 e. The van der Waals surface area contributed by atoms with Crippen LogP contribution in [0.1, 0.15) is 11.1 Å². The minimum absolute atomic E-state index is 0.127. The summed E-state index contributed by atoms with van der Waals surface area (Å²) in [7, 11) is 0. The molecule has 1 amide bonds. The summed E-state index contributed by atoms with van der Waals surface area (Å²) in [5.74, 6) is -0.541.